The molecule has 0 saturated heterocycles. The highest BCUT2D eigenvalue weighted by atomic mass is 19.4. The van der Waals surface area contributed by atoms with Crippen molar-refractivity contribution in [2.24, 2.45) is 9.98 Å². The zero-order valence-electron chi connectivity index (χ0n) is 28.2. The van der Waals surface area contributed by atoms with Crippen LogP contribution in [0.4, 0.5) is 36.1 Å². The summed E-state index contributed by atoms with van der Waals surface area (Å²) in [7, 11) is 7.01. The van der Waals surface area contributed by atoms with Crippen molar-refractivity contribution >= 4 is 40.8 Å². The van der Waals surface area contributed by atoms with E-state index in [1.54, 1.807) is 49.7 Å². The third-order valence-electron chi connectivity index (χ3n) is 7.44. The minimum absolute atomic E-state index is 0.0452. The number of hydrogen-bond acceptors (Lipinski definition) is 9. The number of pyridine rings is 1. The maximum absolute atomic E-state index is 14.0. The van der Waals surface area contributed by atoms with Crippen molar-refractivity contribution in [1.29, 1.82) is 0 Å². The fourth-order valence-corrected chi connectivity index (χ4v) is 4.74. The largest absolute Gasteiger partial charge is 0.418 e. The van der Waals surface area contributed by atoms with Gasteiger partial charge in [-0.3, -0.25) is 14.8 Å². The smallest absolute Gasteiger partial charge is 0.373 e. The van der Waals surface area contributed by atoms with Gasteiger partial charge in [0, 0.05) is 69.3 Å². The maximum atomic E-state index is 14.0. The van der Waals surface area contributed by atoms with Crippen LogP contribution >= 0.6 is 0 Å². The van der Waals surface area contributed by atoms with Crippen molar-refractivity contribution < 1.29 is 18.0 Å². The second-order valence-electron chi connectivity index (χ2n) is 11.6. The summed E-state index contributed by atoms with van der Waals surface area (Å²) in [5, 5.41) is 9.17. The zero-order chi connectivity index (χ0) is 35.4. The quantitative estimate of drug-likeness (QED) is 0.121. The number of halogens is 3. The molecule has 3 N–H and O–H groups in total. The molecule has 4 rings (SSSR count). The molecule has 2 heterocycles. The number of anilines is 4. The average Bonchev–Trinajstić information content (AvgIpc) is 3.07. The highest BCUT2D eigenvalue weighted by Crippen LogP contribution is 2.38. The van der Waals surface area contributed by atoms with Gasteiger partial charge in [0.1, 0.15) is 18.0 Å². The van der Waals surface area contributed by atoms with Crippen LogP contribution in [-0.2, 0) is 23.9 Å². The molecule has 1 amide bonds. The van der Waals surface area contributed by atoms with Gasteiger partial charge in [-0.25, -0.2) is 15.0 Å². The summed E-state index contributed by atoms with van der Waals surface area (Å²) < 4.78 is 41.9. The Morgan fingerprint density at radius 1 is 1.00 bits per heavy atom. The number of nitrogens with one attached hydrogen (secondary N) is 3. The molecular weight excluding hydrogens is 633 g/mol. The van der Waals surface area contributed by atoms with Gasteiger partial charge in [-0.1, -0.05) is 18.2 Å². The minimum Gasteiger partial charge on any atom is -0.373 e. The van der Waals surface area contributed by atoms with Gasteiger partial charge in [0.05, 0.1) is 30.4 Å². The van der Waals surface area contributed by atoms with E-state index >= 15 is 0 Å². The van der Waals surface area contributed by atoms with Crippen LogP contribution in [0.15, 0.2) is 83.3 Å². The number of nitrogens with zero attached hydrogens (tertiary/aromatic N) is 7. The monoisotopic (exact) mass is 674 g/mol. The van der Waals surface area contributed by atoms with Crippen molar-refractivity contribution in [1.82, 2.24) is 25.2 Å². The van der Waals surface area contributed by atoms with Crippen LogP contribution in [0.5, 0.6) is 0 Å². The molecule has 2 aromatic heterocycles. The van der Waals surface area contributed by atoms with Crippen molar-refractivity contribution in [2.75, 3.05) is 63.4 Å². The lowest BCUT2D eigenvalue weighted by atomic mass is 10.1. The van der Waals surface area contributed by atoms with E-state index in [0.717, 1.165) is 17.2 Å². The fourth-order valence-electron chi connectivity index (χ4n) is 4.74. The van der Waals surface area contributed by atoms with E-state index < -0.39 is 17.6 Å². The lowest BCUT2D eigenvalue weighted by Gasteiger charge is -2.25. The molecule has 4 aromatic rings. The van der Waals surface area contributed by atoms with E-state index in [9.17, 15) is 18.0 Å². The molecule has 49 heavy (non-hydrogen) atoms. The summed E-state index contributed by atoms with van der Waals surface area (Å²) in [6.45, 7) is 4.00. The molecule has 0 aliphatic rings. The number of rotatable bonds is 14. The highest BCUT2D eigenvalue weighted by Gasteiger charge is 2.35. The SMILES string of the molecule is C/N=C(CNCc1cccnc1)\N=C/c1cc(Nc2cc(CC(=O)Nc3ccc(N(C)CCN(C)C)c(C(F)(F)F)c3)ccc2C)ncn1. The molecule has 14 heteroatoms. The van der Waals surface area contributed by atoms with Crippen molar-refractivity contribution in [2.45, 2.75) is 26.1 Å². The number of aryl methyl sites for hydroxylation is 1. The molecule has 0 bridgehead atoms. The van der Waals surface area contributed by atoms with E-state index in [2.05, 4.69) is 40.9 Å². The number of alkyl halides is 3. The standard InChI is InChI=1S/C35H41F3N10O/c1-24-8-9-25(16-34(49)45-27-10-11-31(29(17-27)35(36,37)38)48(5)14-13-47(3)4)15-30(24)46-32-18-28(43-23-44-32)21-42-33(39-2)22-41-20-26-7-6-12-40-19-26/h6-12,15,17-19,21,23,41H,13-14,16,20,22H2,1-5H3,(H,45,49)(H,43,44,46)/b39-33-,42-21-. The predicted octanol–water partition coefficient (Wildman–Crippen LogP) is 5.36. The number of carbonyl (C=O) groups is 1. The first-order chi connectivity index (χ1) is 23.4. The summed E-state index contributed by atoms with van der Waals surface area (Å²) in [6.07, 6.45) is 1.91. The van der Waals surface area contributed by atoms with Crippen molar-refractivity contribution in [3.63, 3.8) is 0 Å². The second-order valence-corrected chi connectivity index (χ2v) is 11.6. The van der Waals surface area contributed by atoms with Gasteiger partial charge in [0.15, 0.2) is 0 Å². The van der Waals surface area contributed by atoms with Crippen LogP contribution in [0.3, 0.4) is 0 Å². The Balaban J connectivity index is 1.38. The van der Waals surface area contributed by atoms with Crippen LogP contribution in [-0.4, -0.2) is 85.6 Å². The van der Waals surface area contributed by atoms with Gasteiger partial charge in [0.2, 0.25) is 5.91 Å². The molecule has 0 aliphatic carbocycles. The highest BCUT2D eigenvalue weighted by molar-refractivity contribution is 5.95. The van der Waals surface area contributed by atoms with Crippen molar-refractivity contribution in [3.05, 3.63) is 101 Å². The van der Waals surface area contributed by atoms with Crippen LogP contribution in [0.2, 0.25) is 0 Å². The summed E-state index contributed by atoms with van der Waals surface area (Å²) in [5.74, 6) is 0.665. The Kier molecular flexibility index (Phi) is 12.9. The first-order valence-corrected chi connectivity index (χ1v) is 15.6. The molecule has 0 aliphatic heterocycles. The molecule has 11 nitrogen and oxygen atoms in total. The normalized spacial score (nSPS) is 12.1. The Morgan fingerprint density at radius 2 is 1.82 bits per heavy atom. The number of likely N-dealkylation sites (N-methyl/N-ethyl adjacent to an activating group) is 2. The summed E-state index contributed by atoms with van der Waals surface area (Å²) >= 11 is 0. The van der Waals surface area contributed by atoms with Crippen LogP contribution in [0.25, 0.3) is 0 Å². The fraction of sp³-hybridized carbons (Fsp3) is 0.314. The number of amides is 1. The van der Waals surface area contributed by atoms with Crippen molar-refractivity contribution in [3.8, 4) is 0 Å². The van der Waals surface area contributed by atoms with Gasteiger partial charge < -0.3 is 25.8 Å². The van der Waals surface area contributed by atoms with Gasteiger partial charge in [-0.05, 0) is 68.0 Å². The molecule has 0 radical (unpaired) electrons. The molecule has 0 unspecified atom stereocenters. The number of aliphatic imine (C=N–C) groups is 2. The molecule has 2 aromatic carbocycles. The van der Waals surface area contributed by atoms with Crippen LogP contribution in [0.1, 0.15) is 27.9 Å². The molecule has 0 spiro atoms. The predicted molar refractivity (Wildman–Crippen MR) is 189 cm³/mol. The number of aromatic nitrogens is 3. The van der Waals surface area contributed by atoms with E-state index in [0.29, 0.717) is 54.8 Å². The zero-order valence-corrected chi connectivity index (χ0v) is 28.2. The summed E-state index contributed by atoms with van der Waals surface area (Å²) in [4.78, 5) is 37.8. The maximum Gasteiger partial charge on any atom is 0.418 e. The summed E-state index contributed by atoms with van der Waals surface area (Å²) in [5.41, 5.74) is 3.22. The number of benzene rings is 2. The minimum atomic E-state index is -4.59. The lowest BCUT2D eigenvalue weighted by Crippen LogP contribution is -2.30. The lowest BCUT2D eigenvalue weighted by molar-refractivity contribution is -0.137. The third kappa shape index (κ3) is 11.5. The Labute approximate surface area is 284 Å². The van der Waals surface area contributed by atoms with Crippen LogP contribution < -0.4 is 20.9 Å². The summed E-state index contributed by atoms with van der Waals surface area (Å²) in [6, 6.07) is 14.9. The first kappa shape index (κ1) is 36.6. The number of amidine groups is 1. The molecular formula is C35H41F3N10O. The van der Waals surface area contributed by atoms with E-state index in [1.807, 2.05) is 50.2 Å². The molecule has 0 saturated carbocycles. The van der Waals surface area contributed by atoms with Gasteiger partial charge in [0.25, 0.3) is 0 Å². The third-order valence-corrected chi connectivity index (χ3v) is 7.44. The van der Waals surface area contributed by atoms with Crippen LogP contribution in [0, 0.1) is 6.92 Å². The van der Waals surface area contributed by atoms with E-state index in [-0.39, 0.29) is 17.8 Å². The molecule has 0 fully saturated rings. The molecule has 258 valence electrons. The molecule has 0 atom stereocenters. The first-order valence-electron chi connectivity index (χ1n) is 15.6. The second kappa shape index (κ2) is 17.3. The Bertz CT molecular complexity index is 1760. The topological polar surface area (TPSA) is 123 Å². The van der Waals surface area contributed by atoms with E-state index in [4.69, 9.17) is 0 Å². The number of carbonyl (C=O) groups excluding carboxylic acids is 1. The Hall–Kier alpha value is -5.21. The Morgan fingerprint density at radius 3 is 2.53 bits per heavy atom. The number of hydrogen-bond donors (Lipinski definition) is 3. The van der Waals surface area contributed by atoms with E-state index in [1.165, 1.54) is 18.5 Å². The van der Waals surface area contributed by atoms with Gasteiger partial charge in [-0.2, -0.15) is 13.2 Å². The van der Waals surface area contributed by atoms with Gasteiger partial charge >= 0.3 is 6.18 Å². The average molecular weight is 675 g/mol. The van der Waals surface area contributed by atoms with Gasteiger partial charge in [-0.15, -0.1) is 0 Å².